The van der Waals surface area contributed by atoms with Gasteiger partial charge in [-0.2, -0.15) is 0 Å². The molecule has 2 fully saturated rings. The molecule has 1 saturated carbocycles. The molecule has 4 heteroatoms. The van der Waals surface area contributed by atoms with Gasteiger partial charge < -0.3 is 10.6 Å². The lowest BCUT2D eigenvalue weighted by Crippen LogP contribution is -2.67. The number of piperidine rings is 1. The van der Waals surface area contributed by atoms with Crippen LogP contribution in [0.4, 0.5) is 0 Å². The van der Waals surface area contributed by atoms with Crippen LogP contribution in [0.2, 0.25) is 0 Å². The molecule has 4 nitrogen and oxygen atoms in total. The highest BCUT2D eigenvalue weighted by Crippen LogP contribution is 2.38. The van der Waals surface area contributed by atoms with Gasteiger partial charge in [0.25, 0.3) is 0 Å². The summed E-state index contributed by atoms with van der Waals surface area (Å²) >= 11 is 0. The van der Waals surface area contributed by atoms with Gasteiger partial charge in [-0.05, 0) is 51.2 Å². The molecule has 1 saturated heterocycles. The summed E-state index contributed by atoms with van der Waals surface area (Å²) < 4.78 is 0. The van der Waals surface area contributed by atoms with Gasteiger partial charge >= 0.3 is 0 Å². The molecule has 108 valence electrons. The van der Waals surface area contributed by atoms with Crippen LogP contribution in [0.25, 0.3) is 0 Å². The Kier molecular flexibility index (Phi) is 3.50. The van der Waals surface area contributed by atoms with Crippen LogP contribution in [0.5, 0.6) is 0 Å². The van der Waals surface area contributed by atoms with E-state index in [4.69, 9.17) is 0 Å². The van der Waals surface area contributed by atoms with Gasteiger partial charge in [0.1, 0.15) is 0 Å². The van der Waals surface area contributed by atoms with Crippen LogP contribution in [0.1, 0.15) is 49.1 Å². The Bertz CT molecular complexity index is 522. The average Bonchev–Trinajstić information content (AvgIpc) is 2.37. The molecule has 20 heavy (non-hydrogen) atoms. The predicted octanol–water partition coefficient (Wildman–Crippen LogP) is 1.99. The highest BCUT2D eigenvalue weighted by molar-refractivity contribution is 5.78. The molecule has 1 aliphatic heterocycles. The van der Waals surface area contributed by atoms with E-state index < -0.39 is 0 Å². The molecule has 1 atom stereocenters. The molecule has 1 aromatic heterocycles. The summed E-state index contributed by atoms with van der Waals surface area (Å²) in [5.74, 6) is 0.218. The van der Waals surface area contributed by atoms with Crippen molar-refractivity contribution in [3.8, 4) is 0 Å². The Hall–Kier alpha value is -1.42. The largest absolute Gasteiger partial charge is 0.349 e. The Labute approximate surface area is 120 Å². The van der Waals surface area contributed by atoms with Crippen molar-refractivity contribution < 1.29 is 4.79 Å². The predicted molar refractivity (Wildman–Crippen MR) is 78.3 cm³/mol. The fourth-order valence-corrected chi connectivity index (χ4v) is 3.44. The maximum Gasteiger partial charge on any atom is 0.220 e. The van der Waals surface area contributed by atoms with Gasteiger partial charge in [0, 0.05) is 30.4 Å². The van der Waals surface area contributed by atoms with E-state index in [1.165, 1.54) is 12.0 Å². The molecule has 0 bridgehead atoms. The first-order chi connectivity index (χ1) is 9.59. The number of aryl methyl sites for hydroxylation is 2. The molecule has 0 aromatic carbocycles. The van der Waals surface area contributed by atoms with Crippen LogP contribution >= 0.6 is 0 Å². The number of carbonyl (C=O) groups is 1. The van der Waals surface area contributed by atoms with Crippen molar-refractivity contribution in [2.75, 3.05) is 0 Å². The molecule has 3 rings (SSSR count). The fourth-order valence-electron chi connectivity index (χ4n) is 3.44. The van der Waals surface area contributed by atoms with E-state index >= 15 is 0 Å². The summed E-state index contributed by atoms with van der Waals surface area (Å²) in [5, 5.41) is 6.88. The zero-order valence-electron chi connectivity index (χ0n) is 12.3. The summed E-state index contributed by atoms with van der Waals surface area (Å²) in [5.41, 5.74) is 3.44. The molecule has 1 spiro atoms. The van der Waals surface area contributed by atoms with Crippen LogP contribution in [-0.4, -0.2) is 22.5 Å². The molecular weight excluding hydrogens is 250 g/mol. The molecule has 1 aliphatic carbocycles. The summed E-state index contributed by atoms with van der Waals surface area (Å²) in [6.07, 6.45) is 5.04. The van der Waals surface area contributed by atoms with Crippen molar-refractivity contribution in [3.63, 3.8) is 0 Å². The Morgan fingerprint density at radius 2 is 2.20 bits per heavy atom. The minimum atomic E-state index is 0.0291. The third-order valence-corrected chi connectivity index (χ3v) is 4.83. The van der Waals surface area contributed by atoms with Gasteiger partial charge in [-0.25, -0.2) is 0 Å². The van der Waals surface area contributed by atoms with E-state index in [9.17, 15) is 4.79 Å². The quantitative estimate of drug-likeness (QED) is 0.885. The Morgan fingerprint density at radius 1 is 1.40 bits per heavy atom. The van der Waals surface area contributed by atoms with Gasteiger partial charge in [0.2, 0.25) is 5.91 Å². The van der Waals surface area contributed by atoms with Crippen molar-refractivity contribution in [1.82, 2.24) is 15.6 Å². The number of carbonyl (C=O) groups excluding carboxylic acids is 1. The van der Waals surface area contributed by atoms with Crippen molar-refractivity contribution in [2.45, 2.75) is 64.1 Å². The third kappa shape index (κ3) is 2.44. The molecule has 1 aromatic rings. The van der Waals surface area contributed by atoms with Crippen LogP contribution in [0.3, 0.4) is 0 Å². The van der Waals surface area contributed by atoms with Crippen LogP contribution in [-0.2, 0) is 11.3 Å². The maximum atomic E-state index is 11.6. The first kappa shape index (κ1) is 13.6. The SMILES string of the molecule is Cc1ccc(CNC2CCC(=O)NC23CCC3)c(C)n1. The van der Waals surface area contributed by atoms with E-state index in [0.29, 0.717) is 12.5 Å². The van der Waals surface area contributed by atoms with Gasteiger partial charge in [-0.1, -0.05) is 6.07 Å². The standard InChI is InChI=1S/C16H23N3O/c1-11-4-5-13(12(2)18-11)10-17-14-6-7-15(20)19-16(14)8-3-9-16/h4-5,14,17H,3,6-10H2,1-2H3,(H,19,20). The number of hydrogen-bond acceptors (Lipinski definition) is 3. The maximum absolute atomic E-state index is 11.6. The normalized spacial score (nSPS) is 24.3. The number of hydrogen-bond donors (Lipinski definition) is 2. The second-order valence-corrected chi connectivity index (χ2v) is 6.23. The molecular formula is C16H23N3O. The second kappa shape index (κ2) is 5.17. The van der Waals surface area contributed by atoms with Crippen molar-refractivity contribution in [2.24, 2.45) is 0 Å². The summed E-state index contributed by atoms with van der Waals surface area (Å²) in [7, 11) is 0. The van der Waals surface area contributed by atoms with Gasteiger partial charge in [0.05, 0.1) is 5.54 Å². The monoisotopic (exact) mass is 273 g/mol. The Balaban J connectivity index is 1.66. The van der Waals surface area contributed by atoms with Crippen molar-refractivity contribution in [1.29, 1.82) is 0 Å². The lowest BCUT2D eigenvalue weighted by molar-refractivity contribution is -0.128. The number of pyridine rings is 1. The molecule has 2 aliphatic rings. The van der Waals surface area contributed by atoms with E-state index in [2.05, 4.69) is 34.7 Å². The number of amides is 1. The van der Waals surface area contributed by atoms with E-state index in [0.717, 1.165) is 37.2 Å². The second-order valence-electron chi connectivity index (χ2n) is 6.23. The van der Waals surface area contributed by atoms with Gasteiger partial charge in [-0.15, -0.1) is 0 Å². The zero-order chi connectivity index (χ0) is 14.2. The van der Waals surface area contributed by atoms with E-state index in [1.807, 2.05) is 6.92 Å². The summed E-state index contributed by atoms with van der Waals surface area (Å²) in [4.78, 5) is 16.1. The molecule has 2 N–H and O–H groups in total. The Morgan fingerprint density at radius 3 is 2.85 bits per heavy atom. The first-order valence-corrected chi connectivity index (χ1v) is 7.57. The molecule has 1 unspecified atom stereocenters. The summed E-state index contributed by atoms with van der Waals surface area (Å²) in [6, 6.07) is 4.61. The summed E-state index contributed by atoms with van der Waals surface area (Å²) in [6.45, 7) is 4.91. The number of aromatic nitrogens is 1. The van der Waals surface area contributed by atoms with E-state index in [-0.39, 0.29) is 11.4 Å². The molecule has 1 amide bonds. The lowest BCUT2D eigenvalue weighted by Gasteiger charge is -2.51. The smallest absolute Gasteiger partial charge is 0.220 e. The van der Waals surface area contributed by atoms with Crippen molar-refractivity contribution >= 4 is 5.91 Å². The molecule has 2 heterocycles. The number of nitrogens with one attached hydrogen (secondary N) is 2. The molecule has 0 radical (unpaired) electrons. The number of rotatable bonds is 3. The highest BCUT2D eigenvalue weighted by atomic mass is 16.1. The minimum Gasteiger partial charge on any atom is -0.349 e. The van der Waals surface area contributed by atoms with Crippen molar-refractivity contribution in [3.05, 3.63) is 29.1 Å². The van der Waals surface area contributed by atoms with Gasteiger partial charge in [-0.3, -0.25) is 9.78 Å². The van der Waals surface area contributed by atoms with Crippen LogP contribution < -0.4 is 10.6 Å². The van der Waals surface area contributed by atoms with Crippen LogP contribution in [0.15, 0.2) is 12.1 Å². The van der Waals surface area contributed by atoms with Crippen LogP contribution in [0, 0.1) is 13.8 Å². The third-order valence-electron chi connectivity index (χ3n) is 4.83. The minimum absolute atomic E-state index is 0.0291. The van der Waals surface area contributed by atoms with Gasteiger partial charge in [0.15, 0.2) is 0 Å². The zero-order valence-corrected chi connectivity index (χ0v) is 12.3. The number of nitrogens with zero attached hydrogens (tertiary/aromatic N) is 1. The first-order valence-electron chi connectivity index (χ1n) is 7.57. The fraction of sp³-hybridized carbons (Fsp3) is 0.625. The highest BCUT2D eigenvalue weighted by Gasteiger charge is 2.47. The van der Waals surface area contributed by atoms with E-state index in [1.54, 1.807) is 0 Å². The average molecular weight is 273 g/mol. The topological polar surface area (TPSA) is 54.0 Å². The lowest BCUT2D eigenvalue weighted by atomic mass is 9.68.